The number of aldehydes is 1. The molecule has 40 heavy (non-hydrogen) atoms. The number of hydrogen-bond acceptors (Lipinski definition) is 8. The van der Waals surface area contributed by atoms with Crippen molar-refractivity contribution in [3.05, 3.63) is 66.2 Å². The van der Waals surface area contributed by atoms with Crippen LogP contribution in [-0.2, 0) is 14.3 Å². The molecule has 1 aliphatic carbocycles. The molecule has 2 aromatic rings. The van der Waals surface area contributed by atoms with Gasteiger partial charge in [-0.3, -0.25) is 9.59 Å². The fourth-order valence-electron chi connectivity index (χ4n) is 4.61. The number of hydrogen-bond donors (Lipinski definition) is 0. The quantitative estimate of drug-likeness (QED) is 0.0813. The monoisotopic (exact) mass is 550 g/mol. The Bertz CT molecular complexity index is 1150. The van der Waals surface area contributed by atoms with Crippen molar-refractivity contribution >= 4 is 24.2 Å². The largest absolute Gasteiger partial charge is 0.494 e. The Balaban J connectivity index is 1.43. The standard InChI is InChI=1S/C32H38O8/c1-3-23-9-11-24(12-10-23)31(35)39-28-17-18-29(26(21-28)22-33)40-32(36)25-13-15-27(16-14-25)37-19-7-5-6-8-20-38-30(34)4-2/h4,13-18,21-24H,2-3,5-12,19-20H2,1H3. The maximum absolute atomic E-state index is 12.7. The Morgan fingerprint density at radius 1 is 0.875 bits per heavy atom. The van der Waals surface area contributed by atoms with Crippen LogP contribution in [0, 0.1) is 11.8 Å². The third kappa shape index (κ3) is 9.67. The Morgan fingerprint density at radius 3 is 2.20 bits per heavy atom. The molecule has 0 radical (unpaired) electrons. The average molecular weight is 551 g/mol. The summed E-state index contributed by atoms with van der Waals surface area (Å²) in [5.74, 6) is 0.189. The average Bonchev–Trinajstić information content (AvgIpc) is 2.99. The second-order valence-corrected chi connectivity index (χ2v) is 9.91. The lowest BCUT2D eigenvalue weighted by Crippen LogP contribution is -2.25. The normalized spacial score (nSPS) is 16.4. The van der Waals surface area contributed by atoms with Crippen LogP contribution >= 0.6 is 0 Å². The van der Waals surface area contributed by atoms with E-state index >= 15 is 0 Å². The second kappa shape index (κ2) is 16.2. The van der Waals surface area contributed by atoms with E-state index in [4.69, 9.17) is 18.9 Å². The van der Waals surface area contributed by atoms with Crippen LogP contribution in [0.3, 0.4) is 0 Å². The van der Waals surface area contributed by atoms with E-state index in [2.05, 4.69) is 13.5 Å². The summed E-state index contributed by atoms with van der Waals surface area (Å²) in [5.41, 5.74) is 0.420. The number of carbonyl (C=O) groups excluding carboxylic acids is 4. The third-order valence-electron chi connectivity index (χ3n) is 7.10. The molecule has 0 unspecified atom stereocenters. The van der Waals surface area contributed by atoms with Gasteiger partial charge in [-0.25, -0.2) is 9.59 Å². The molecular formula is C32H38O8. The molecule has 0 aliphatic heterocycles. The Hall–Kier alpha value is -3.94. The Labute approximate surface area is 235 Å². The lowest BCUT2D eigenvalue weighted by Gasteiger charge is -2.26. The van der Waals surface area contributed by atoms with Gasteiger partial charge in [0, 0.05) is 6.08 Å². The van der Waals surface area contributed by atoms with E-state index < -0.39 is 11.9 Å². The van der Waals surface area contributed by atoms with Gasteiger partial charge >= 0.3 is 17.9 Å². The molecule has 0 N–H and O–H groups in total. The lowest BCUT2D eigenvalue weighted by atomic mass is 9.81. The molecule has 0 heterocycles. The molecule has 8 heteroatoms. The van der Waals surface area contributed by atoms with Crippen LogP contribution in [0.15, 0.2) is 55.1 Å². The smallest absolute Gasteiger partial charge is 0.343 e. The van der Waals surface area contributed by atoms with Crippen molar-refractivity contribution < 1.29 is 38.1 Å². The highest BCUT2D eigenvalue weighted by molar-refractivity contribution is 5.93. The van der Waals surface area contributed by atoms with Gasteiger partial charge in [-0.1, -0.05) is 19.9 Å². The zero-order valence-corrected chi connectivity index (χ0v) is 23.1. The fraction of sp³-hybridized carbons (Fsp3) is 0.438. The molecule has 0 saturated heterocycles. The first-order chi connectivity index (χ1) is 19.4. The number of benzene rings is 2. The molecule has 214 valence electrons. The van der Waals surface area contributed by atoms with Crippen LogP contribution in [0.1, 0.15) is 85.4 Å². The van der Waals surface area contributed by atoms with E-state index in [1.165, 1.54) is 18.2 Å². The number of unbranched alkanes of at least 4 members (excludes halogenated alkanes) is 3. The van der Waals surface area contributed by atoms with Gasteiger partial charge in [0.15, 0.2) is 6.29 Å². The molecule has 3 rings (SSSR count). The van der Waals surface area contributed by atoms with E-state index in [0.29, 0.717) is 36.7 Å². The van der Waals surface area contributed by atoms with Gasteiger partial charge in [-0.2, -0.15) is 0 Å². The zero-order chi connectivity index (χ0) is 28.7. The molecule has 0 amide bonds. The minimum Gasteiger partial charge on any atom is -0.494 e. The van der Waals surface area contributed by atoms with E-state index in [0.717, 1.165) is 63.9 Å². The summed E-state index contributed by atoms with van der Waals surface area (Å²) in [6, 6.07) is 10.9. The highest BCUT2D eigenvalue weighted by Crippen LogP contribution is 2.32. The van der Waals surface area contributed by atoms with Gasteiger partial charge in [0.2, 0.25) is 0 Å². The maximum atomic E-state index is 12.7. The first-order valence-electron chi connectivity index (χ1n) is 14.0. The Morgan fingerprint density at radius 2 is 1.55 bits per heavy atom. The predicted octanol–water partition coefficient (Wildman–Crippen LogP) is 6.51. The molecular weight excluding hydrogens is 512 g/mol. The SMILES string of the molecule is C=CC(=O)OCCCCCCOc1ccc(C(=O)Oc2ccc(OC(=O)C3CCC(CC)CC3)cc2C=O)cc1. The zero-order valence-electron chi connectivity index (χ0n) is 23.1. The van der Waals surface area contributed by atoms with E-state index in [1.54, 1.807) is 24.3 Å². The van der Waals surface area contributed by atoms with Crippen molar-refractivity contribution in [3.8, 4) is 17.2 Å². The van der Waals surface area contributed by atoms with Crippen molar-refractivity contribution in [3.63, 3.8) is 0 Å². The van der Waals surface area contributed by atoms with Gasteiger partial charge in [-0.05, 0) is 99.7 Å². The summed E-state index contributed by atoms with van der Waals surface area (Å²) in [5, 5.41) is 0. The first-order valence-corrected chi connectivity index (χ1v) is 14.0. The van der Waals surface area contributed by atoms with E-state index in [1.807, 2.05) is 0 Å². The van der Waals surface area contributed by atoms with Gasteiger partial charge in [0.05, 0.1) is 30.3 Å². The van der Waals surface area contributed by atoms with Crippen molar-refractivity contribution in [1.29, 1.82) is 0 Å². The van der Waals surface area contributed by atoms with Crippen LogP contribution in [0.25, 0.3) is 0 Å². The van der Waals surface area contributed by atoms with Crippen LogP contribution in [0.5, 0.6) is 17.2 Å². The van der Waals surface area contributed by atoms with Gasteiger partial charge in [-0.15, -0.1) is 0 Å². The molecule has 8 nitrogen and oxygen atoms in total. The molecule has 2 aromatic carbocycles. The Kier molecular flexibility index (Phi) is 12.4. The van der Waals surface area contributed by atoms with Crippen molar-refractivity contribution in [1.82, 2.24) is 0 Å². The van der Waals surface area contributed by atoms with Crippen LogP contribution < -0.4 is 14.2 Å². The number of carbonyl (C=O) groups is 4. The minimum atomic E-state index is -0.621. The van der Waals surface area contributed by atoms with Gasteiger partial charge in [0.1, 0.15) is 17.2 Å². The first kappa shape index (κ1) is 30.6. The summed E-state index contributed by atoms with van der Waals surface area (Å²) in [6.07, 6.45) is 10.0. The summed E-state index contributed by atoms with van der Waals surface area (Å²) in [7, 11) is 0. The molecule has 1 fully saturated rings. The second-order valence-electron chi connectivity index (χ2n) is 9.91. The van der Waals surface area contributed by atoms with Gasteiger partial charge < -0.3 is 18.9 Å². The number of ether oxygens (including phenoxy) is 4. The molecule has 0 atom stereocenters. The molecule has 0 spiro atoms. The topological polar surface area (TPSA) is 105 Å². The molecule has 0 aromatic heterocycles. The highest BCUT2D eigenvalue weighted by atomic mass is 16.5. The van der Waals surface area contributed by atoms with Crippen LogP contribution in [0.2, 0.25) is 0 Å². The molecule has 1 saturated carbocycles. The minimum absolute atomic E-state index is 0.0860. The van der Waals surface area contributed by atoms with E-state index in [-0.39, 0.29) is 28.9 Å². The highest BCUT2D eigenvalue weighted by Gasteiger charge is 2.27. The van der Waals surface area contributed by atoms with Crippen LogP contribution in [0.4, 0.5) is 0 Å². The fourth-order valence-corrected chi connectivity index (χ4v) is 4.61. The third-order valence-corrected chi connectivity index (χ3v) is 7.10. The summed E-state index contributed by atoms with van der Waals surface area (Å²) in [6.45, 7) is 6.43. The number of esters is 3. The van der Waals surface area contributed by atoms with Crippen LogP contribution in [-0.4, -0.2) is 37.4 Å². The van der Waals surface area contributed by atoms with Crippen molar-refractivity contribution in [2.75, 3.05) is 13.2 Å². The predicted molar refractivity (Wildman–Crippen MR) is 150 cm³/mol. The van der Waals surface area contributed by atoms with E-state index in [9.17, 15) is 19.2 Å². The molecule has 0 bridgehead atoms. The van der Waals surface area contributed by atoms with Gasteiger partial charge in [0.25, 0.3) is 0 Å². The van der Waals surface area contributed by atoms with Crippen molar-refractivity contribution in [2.24, 2.45) is 11.8 Å². The molecule has 1 aliphatic rings. The maximum Gasteiger partial charge on any atom is 0.343 e. The summed E-state index contributed by atoms with van der Waals surface area (Å²) >= 11 is 0. The number of rotatable bonds is 15. The van der Waals surface area contributed by atoms with Crippen molar-refractivity contribution in [2.45, 2.75) is 64.7 Å². The lowest BCUT2D eigenvalue weighted by molar-refractivity contribution is -0.140. The summed E-state index contributed by atoms with van der Waals surface area (Å²) < 4.78 is 21.6. The summed E-state index contributed by atoms with van der Waals surface area (Å²) in [4.78, 5) is 47.9.